The van der Waals surface area contributed by atoms with Gasteiger partial charge in [-0.2, -0.15) is 0 Å². The summed E-state index contributed by atoms with van der Waals surface area (Å²) in [5, 5.41) is 0. The van der Waals surface area contributed by atoms with Crippen molar-refractivity contribution in [1.82, 2.24) is 0 Å². The SMILES string of the molecule is CCCCC[C@@H]1OC(=O)c2c(CCCC)cc(CCCC)cc21. The molecule has 2 nitrogen and oxygen atoms in total. The van der Waals surface area contributed by atoms with Crippen LogP contribution in [0.4, 0.5) is 0 Å². The fourth-order valence-electron chi connectivity index (χ4n) is 3.43. The van der Waals surface area contributed by atoms with E-state index < -0.39 is 0 Å². The summed E-state index contributed by atoms with van der Waals surface area (Å²) in [6.07, 6.45) is 11.3. The molecule has 1 aliphatic rings. The first-order valence-electron chi connectivity index (χ1n) is 9.57. The van der Waals surface area contributed by atoms with Crippen molar-refractivity contribution < 1.29 is 9.53 Å². The third-order valence-corrected chi connectivity index (χ3v) is 4.80. The van der Waals surface area contributed by atoms with Gasteiger partial charge in [0, 0.05) is 5.56 Å². The zero-order chi connectivity index (χ0) is 16.7. The Hall–Kier alpha value is -1.31. The molecule has 0 spiro atoms. The van der Waals surface area contributed by atoms with Crippen LogP contribution in [0.3, 0.4) is 0 Å². The summed E-state index contributed by atoms with van der Waals surface area (Å²) in [4.78, 5) is 12.4. The number of carbonyl (C=O) groups is 1. The molecule has 1 atom stereocenters. The molecule has 0 amide bonds. The van der Waals surface area contributed by atoms with E-state index in [2.05, 4.69) is 32.9 Å². The standard InChI is InChI=1S/C21H32O2/c1-4-7-10-13-19-18-15-16(11-8-5-2)14-17(12-9-6-3)20(18)21(22)23-19/h14-15,19H,4-13H2,1-3H3/t19-/m0/s1. The number of esters is 1. The average molecular weight is 316 g/mol. The summed E-state index contributed by atoms with van der Waals surface area (Å²) in [6.45, 7) is 6.64. The van der Waals surface area contributed by atoms with Crippen molar-refractivity contribution in [3.63, 3.8) is 0 Å². The van der Waals surface area contributed by atoms with E-state index >= 15 is 0 Å². The molecule has 0 bridgehead atoms. The zero-order valence-corrected chi connectivity index (χ0v) is 15.1. The van der Waals surface area contributed by atoms with Crippen molar-refractivity contribution in [2.24, 2.45) is 0 Å². The molecule has 0 saturated carbocycles. The first-order valence-corrected chi connectivity index (χ1v) is 9.57. The molecule has 1 aromatic rings. The molecule has 1 aromatic carbocycles. The Balaban J connectivity index is 2.27. The van der Waals surface area contributed by atoms with Gasteiger partial charge in [0.15, 0.2) is 0 Å². The van der Waals surface area contributed by atoms with Crippen molar-refractivity contribution >= 4 is 5.97 Å². The number of unbranched alkanes of at least 4 members (excludes halogenated alkanes) is 4. The van der Waals surface area contributed by atoms with Crippen LogP contribution in [0.25, 0.3) is 0 Å². The Labute approximate surface area is 141 Å². The maximum atomic E-state index is 12.4. The molecule has 0 saturated heterocycles. The Bertz CT molecular complexity index is 519. The van der Waals surface area contributed by atoms with Gasteiger partial charge in [0.25, 0.3) is 0 Å². The van der Waals surface area contributed by atoms with E-state index in [0.717, 1.165) is 44.1 Å². The molecule has 1 aliphatic heterocycles. The van der Waals surface area contributed by atoms with E-state index in [4.69, 9.17) is 4.74 Å². The number of cyclic esters (lactones) is 1. The number of hydrogen-bond acceptors (Lipinski definition) is 2. The second-order valence-corrected chi connectivity index (χ2v) is 6.82. The van der Waals surface area contributed by atoms with Crippen molar-refractivity contribution in [2.75, 3.05) is 0 Å². The van der Waals surface area contributed by atoms with Crippen LogP contribution in [0.15, 0.2) is 12.1 Å². The molecule has 0 N–H and O–H groups in total. The Morgan fingerprint density at radius 3 is 2.30 bits per heavy atom. The summed E-state index contributed by atoms with van der Waals surface area (Å²) in [6, 6.07) is 4.52. The molecule has 128 valence electrons. The lowest BCUT2D eigenvalue weighted by molar-refractivity contribution is 0.0363. The summed E-state index contributed by atoms with van der Waals surface area (Å²) >= 11 is 0. The van der Waals surface area contributed by atoms with E-state index in [-0.39, 0.29) is 12.1 Å². The second kappa shape index (κ2) is 9.10. The third-order valence-electron chi connectivity index (χ3n) is 4.80. The van der Waals surface area contributed by atoms with Crippen LogP contribution in [0, 0.1) is 0 Å². The van der Waals surface area contributed by atoms with Crippen LogP contribution in [0.1, 0.15) is 105 Å². The van der Waals surface area contributed by atoms with Gasteiger partial charge in [-0.3, -0.25) is 0 Å². The quantitative estimate of drug-likeness (QED) is 0.381. The van der Waals surface area contributed by atoms with E-state index in [1.165, 1.54) is 42.4 Å². The lowest BCUT2D eigenvalue weighted by Gasteiger charge is -2.13. The minimum atomic E-state index is -0.0883. The van der Waals surface area contributed by atoms with Crippen LogP contribution in [-0.2, 0) is 17.6 Å². The van der Waals surface area contributed by atoms with Crippen LogP contribution >= 0.6 is 0 Å². The lowest BCUT2D eigenvalue weighted by Crippen LogP contribution is -2.02. The topological polar surface area (TPSA) is 26.3 Å². The second-order valence-electron chi connectivity index (χ2n) is 6.82. The minimum absolute atomic E-state index is 0.00833. The predicted molar refractivity (Wildman–Crippen MR) is 96.0 cm³/mol. The zero-order valence-electron chi connectivity index (χ0n) is 15.1. The Kier molecular flexibility index (Phi) is 7.14. The predicted octanol–water partition coefficient (Wildman–Crippen LogP) is 6.16. The summed E-state index contributed by atoms with van der Waals surface area (Å²) < 4.78 is 5.72. The van der Waals surface area contributed by atoms with Crippen LogP contribution < -0.4 is 0 Å². The molecule has 1 heterocycles. The van der Waals surface area contributed by atoms with Crippen molar-refractivity contribution in [3.05, 3.63) is 34.4 Å². The molecule has 0 aliphatic carbocycles. The summed E-state index contributed by atoms with van der Waals surface area (Å²) in [5.74, 6) is -0.0883. The van der Waals surface area contributed by atoms with Gasteiger partial charge < -0.3 is 4.74 Å². The highest BCUT2D eigenvalue weighted by atomic mass is 16.5. The largest absolute Gasteiger partial charge is 0.454 e. The average Bonchev–Trinajstić information content (AvgIpc) is 2.87. The number of ether oxygens (including phenoxy) is 1. The van der Waals surface area contributed by atoms with Crippen molar-refractivity contribution in [2.45, 2.75) is 91.1 Å². The molecular weight excluding hydrogens is 284 g/mol. The lowest BCUT2D eigenvalue weighted by atomic mass is 9.90. The van der Waals surface area contributed by atoms with Gasteiger partial charge in [-0.25, -0.2) is 4.79 Å². The third kappa shape index (κ3) is 4.59. The smallest absolute Gasteiger partial charge is 0.339 e. The van der Waals surface area contributed by atoms with Crippen molar-refractivity contribution in [1.29, 1.82) is 0 Å². The first kappa shape index (κ1) is 18.0. The van der Waals surface area contributed by atoms with E-state index in [0.29, 0.717) is 0 Å². The van der Waals surface area contributed by atoms with E-state index in [1.54, 1.807) is 0 Å². The molecule has 23 heavy (non-hydrogen) atoms. The van der Waals surface area contributed by atoms with Gasteiger partial charge in [0.1, 0.15) is 6.10 Å². The molecule has 0 unspecified atom stereocenters. The molecular formula is C21H32O2. The van der Waals surface area contributed by atoms with Crippen molar-refractivity contribution in [3.8, 4) is 0 Å². The Morgan fingerprint density at radius 1 is 0.913 bits per heavy atom. The van der Waals surface area contributed by atoms with Gasteiger partial charge in [-0.05, 0) is 49.7 Å². The van der Waals surface area contributed by atoms with Crippen LogP contribution in [-0.4, -0.2) is 5.97 Å². The highest BCUT2D eigenvalue weighted by Gasteiger charge is 2.33. The van der Waals surface area contributed by atoms with Gasteiger partial charge in [-0.1, -0.05) is 58.6 Å². The van der Waals surface area contributed by atoms with Gasteiger partial charge in [-0.15, -0.1) is 0 Å². The number of rotatable bonds is 10. The number of carbonyl (C=O) groups excluding carboxylic acids is 1. The fourth-order valence-corrected chi connectivity index (χ4v) is 3.43. The summed E-state index contributed by atoms with van der Waals surface area (Å²) in [5.41, 5.74) is 4.67. The number of aryl methyl sites for hydroxylation is 2. The monoisotopic (exact) mass is 316 g/mol. The fraction of sp³-hybridized carbons (Fsp3) is 0.667. The maximum Gasteiger partial charge on any atom is 0.339 e. The van der Waals surface area contributed by atoms with Gasteiger partial charge in [0.2, 0.25) is 0 Å². The van der Waals surface area contributed by atoms with E-state index in [1.807, 2.05) is 0 Å². The highest BCUT2D eigenvalue weighted by Crippen LogP contribution is 2.37. The summed E-state index contributed by atoms with van der Waals surface area (Å²) in [7, 11) is 0. The molecule has 0 fully saturated rings. The molecule has 0 radical (unpaired) electrons. The number of fused-ring (bicyclic) bond motifs is 1. The normalized spacial score (nSPS) is 16.5. The molecule has 2 rings (SSSR count). The number of benzene rings is 1. The minimum Gasteiger partial charge on any atom is -0.454 e. The van der Waals surface area contributed by atoms with Crippen LogP contribution in [0.5, 0.6) is 0 Å². The number of hydrogen-bond donors (Lipinski definition) is 0. The van der Waals surface area contributed by atoms with Crippen LogP contribution in [0.2, 0.25) is 0 Å². The maximum absolute atomic E-state index is 12.4. The molecule has 0 aromatic heterocycles. The van der Waals surface area contributed by atoms with E-state index in [9.17, 15) is 4.79 Å². The molecule has 2 heteroatoms. The Morgan fingerprint density at radius 2 is 1.61 bits per heavy atom. The van der Waals surface area contributed by atoms with Gasteiger partial charge in [0.05, 0.1) is 5.56 Å². The van der Waals surface area contributed by atoms with Gasteiger partial charge >= 0.3 is 5.97 Å². The highest BCUT2D eigenvalue weighted by molar-refractivity contribution is 5.95. The first-order chi connectivity index (χ1) is 11.2.